The highest BCUT2D eigenvalue weighted by Gasteiger charge is 2.20. The number of aryl methyl sites for hydroxylation is 1. The summed E-state index contributed by atoms with van der Waals surface area (Å²) in [7, 11) is -3.45. The van der Waals surface area contributed by atoms with Crippen molar-refractivity contribution in [3.8, 4) is 0 Å². The van der Waals surface area contributed by atoms with Crippen molar-refractivity contribution in [2.75, 3.05) is 5.75 Å². The van der Waals surface area contributed by atoms with Crippen LogP contribution in [0, 0.1) is 6.92 Å². The standard InChI is InChI=1S/C11H15NO4S/c1-8-3-5-10(6-4-8)17(14,15)7-9(2)16-11(12)13/h3-6,9H,7H2,1-2H3,(H2,12,13). The van der Waals surface area contributed by atoms with Crippen LogP contribution in [0.1, 0.15) is 12.5 Å². The number of carbonyl (C=O) groups is 1. The van der Waals surface area contributed by atoms with Crippen LogP contribution in [0.3, 0.4) is 0 Å². The van der Waals surface area contributed by atoms with Crippen LogP contribution in [-0.2, 0) is 14.6 Å². The van der Waals surface area contributed by atoms with Crippen molar-refractivity contribution in [3.05, 3.63) is 29.8 Å². The van der Waals surface area contributed by atoms with Crippen LogP contribution in [0.25, 0.3) is 0 Å². The lowest BCUT2D eigenvalue weighted by atomic mass is 10.2. The van der Waals surface area contributed by atoms with Gasteiger partial charge in [0.25, 0.3) is 0 Å². The maximum Gasteiger partial charge on any atom is 0.404 e. The zero-order valence-corrected chi connectivity index (χ0v) is 10.5. The molecule has 1 atom stereocenters. The van der Waals surface area contributed by atoms with Crippen LogP contribution in [0.2, 0.25) is 0 Å². The van der Waals surface area contributed by atoms with E-state index in [4.69, 9.17) is 5.73 Å². The van der Waals surface area contributed by atoms with Crippen molar-refractivity contribution >= 4 is 15.9 Å². The van der Waals surface area contributed by atoms with Crippen molar-refractivity contribution < 1.29 is 17.9 Å². The summed E-state index contributed by atoms with van der Waals surface area (Å²) < 4.78 is 28.4. The summed E-state index contributed by atoms with van der Waals surface area (Å²) >= 11 is 0. The van der Waals surface area contributed by atoms with E-state index in [1.54, 1.807) is 12.1 Å². The van der Waals surface area contributed by atoms with Gasteiger partial charge in [-0.25, -0.2) is 13.2 Å². The molecule has 0 saturated carbocycles. The van der Waals surface area contributed by atoms with E-state index < -0.39 is 22.0 Å². The van der Waals surface area contributed by atoms with Gasteiger partial charge in [-0.15, -0.1) is 0 Å². The van der Waals surface area contributed by atoms with Gasteiger partial charge < -0.3 is 10.5 Å². The number of rotatable bonds is 4. The summed E-state index contributed by atoms with van der Waals surface area (Å²) in [5.74, 6) is -0.279. The Morgan fingerprint density at radius 1 is 1.35 bits per heavy atom. The molecule has 0 fully saturated rings. The minimum atomic E-state index is -3.45. The Balaban J connectivity index is 2.82. The average Bonchev–Trinajstić information content (AvgIpc) is 2.15. The summed E-state index contributed by atoms with van der Waals surface area (Å²) in [5, 5.41) is 0. The van der Waals surface area contributed by atoms with Crippen molar-refractivity contribution in [2.45, 2.75) is 24.8 Å². The van der Waals surface area contributed by atoms with E-state index in [9.17, 15) is 13.2 Å². The predicted molar refractivity (Wildman–Crippen MR) is 63.4 cm³/mol. The van der Waals surface area contributed by atoms with Gasteiger partial charge >= 0.3 is 6.09 Å². The van der Waals surface area contributed by atoms with E-state index in [1.807, 2.05) is 6.92 Å². The number of benzene rings is 1. The monoisotopic (exact) mass is 257 g/mol. The van der Waals surface area contributed by atoms with Crippen LogP contribution in [0.4, 0.5) is 4.79 Å². The number of ether oxygens (including phenoxy) is 1. The average molecular weight is 257 g/mol. The molecule has 1 aromatic carbocycles. The number of primary amides is 1. The molecule has 0 aliphatic heterocycles. The van der Waals surface area contributed by atoms with E-state index in [0.717, 1.165) is 5.56 Å². The second-order valence-corrected chi connectivity index (χ2v) is 5.88. The Bertz CT molecular complexity index is 493. The molecule has 0 aliphatic carbocycles. The normalized spacial score (nSPS) is 13.1. The molecular weight excluding hydrogens is 242 g/mol. The SMILES string of the molecule is Cc1ccc(S(=O)(=O)CC(C)OC(N)=O)cc1. The van der Waals surface area contributed by atoms with Crippen molar-refractivity contribution in [1.82, 2.24) is 0 Å². The Morgan fingerprint density at radius 2 is 1.88 bits per heavy atom. The topological polar surface area (TPSA) is 86.5 Å². The molecule has 0 aromatic heterocycles. The van der Waals surface area contributed by atoms with Gasteiger partial charge in [0.1, 0.15) is 6.10 Å². The third-order valence-electron chi connectivity index (χ3n) is 2.15. The number of amides is 1. The lowest BCUT2D eigenvalue weighted by molar-refractivity contribution is 0.126. The summed E-state index contributed by atoms with van der Waals surface area (Å²) in [6.07, 6.45) is -1.74. The van der Waals surface area contributed by atoms with E-state index in [-0.39, 0.29) is 10.6 Å². The van der Waals surface area contributed by atoms with Crippen LogP contribution in [0.15, 0.2) is 29.2 Å². The first-order valence-electron chi connectivity index (χ1n) is 5.07. The fourth-order valence-corrected chi connectivity index (χ4v) is 2.81. The Morgan fingerprint density at radius 3 is 2.35 bits per heavy atom. The van der Waals surface area contributed by atoms with E-state index in [2.05, 4.69) is 4.74 Å². The van der Waals surface area contributed by atoms with Gasteiger partial charge in [-0.1, -0.05) is 17.7 Å². The highest BCUT2D eigenvalue weighted by Crippen LogP contribution is 2.13. The molecule has 1 unspecified atom stereocenters. The van der Waals surface area contributed by atoms with Crippen molar-refractivity contribution in [3.63, 3.8) is 0 Å². The molecule has 0 radical (unpaired) electrons. The first-order chi connectivity index (χ1) is 7.81. The van der Waals surface area contributed by atoms with Gasteiger partial charge in [0.05, 0.1) is 10.6 Å². The van der Waals surface area contributed by atoms with Crippen molar-refractivity contribution in [2.24, 2.45) is 5.73 Å². The van der Waals surface area contributed by atoms with Crippen LogP contribution in [-0.4, -0.2) is 26.4 Å². The first-order valence-corrected chi connectivity index (χ1v) is 6.72. The maximum absolute atomic E-state index is 11.9. The van der Waals surface area contributed by atoms with Gasteiger partial charge in [0.2, 0.25) is 0 Å². The first kappa shape index (κ1) is 13.5. The Hall–Kier alpha value is -1.56. The molecule has 2 N–H and O–H groups in total. The molecule has 0 spiro atoms. The molecule has 0 saturated heterocycles. The van der Waals surface area contributed by atoms with Gasteiger partial charge in [-0.3, -0.25) is 0 Å². The third kappa shape index (κ3) is 4.07. The molecule has 6 heteroatoms. The lowest BCUT2D eigenvalue weighted by Gasteiger charge is -2.11. The number of carbonyl (C=O) groups excluding carboxylic acids is 1. The molecule has 1 rings (SSSR count). The number of nitrogens with two attached hydrogens (primary N) is 1. The predicted octanol–water partition coefficient (Wildman–Crippen LogP) is 1.25. The number of hydrogen-bond donors (Lipinski definition) is 1. The largest absolute Gasteiger partial charge is 0.446 e. The molecule has 5 nitrogen and oxygen atoms in total. The number of hydrogen-bond acceptors (Lipinski definition) is 4. The van der Waals surface area contributed by atoms with E-state index in [0.29, 0.717) is 0 Å². The summed E-state index contributed by atoms with van der Waals surface area (Å²) in [6, 6.07) is 6.49. The highest BCUT2D eigenvalue weighted by atomic mass is 32.2. The minimum absolute atomic E-state index is 0.211. The molecule has 0 aliphatic rings. The lowest BCUT2D eigenvalue weighted by Crippen LogP contribution is -2.27. The molecule has 0 bridgehead atoms. The maximum atomic E-state index is 11.9. The highest BCUT2D eigenvalue weighted by molar-refractivity contribution is 7.91. The molecular formula is C11H15NO4S. The van der Waals surface area contributed by atoms with Crippen LogP contribution in [0.5, 0.6) is 0 Å². The fourth-order valence-electron chi connectivity index (χ4n) is 1.38. The van der Waals surface area contributed by atoms with E-state index in [1.165, 1.54) is 19.1 Å². The van der Waals surface area contributed by atoms with Crippen LogP contribution >= 0.6 is 0 Å². The molecule has 0 heterocycles. The van der Waals surface area contributed by atoms with Crippen LogP contribution < -0.4 is 5.73 Å². The Labute approximate surface area is 100 Å². The second-order valence-electron chi connectivity index (χ2n) is 3.84. The molecule has 1 amide bonds. The summed E-state index contributed by atoms with van der Waals surface area (Å²) in [6.45, 7) is 3.35. The Kier molecular flexibility index (Phi) is 4.11. The second kappa shape index (κ2) is 5.18. The quantitative estimate of drug-likeness (QED) is 0.879. The fraction of sp³-hybridized carbons (Fsp3) is 0.364. The van der Waals surface area contributed by atoms with E-state index >= 15 is 0 Å². The molecule has 1 aromatic rings. The smallest absolute Gasteiger partial charge is 0.404 e. The zero-order chi connectivity index (χ0) is 13.1. The molecule has 94 valence electrons. The third-order valence-corrected chi connectivity index (χ3v) is 4.05. The number of sulfone groups is 1. The van der Waals surface area contributed by atoms with Gasteiger partial charge in [-0.05, 0) is 26.0 Å². The van der Waals surface area contributed by atoms with Gasteiger partial charge in [-0.2, -0.15) is 0 Å². The van der Waals surface area contributed by atoms with Crippen molar-refractivity contribution in [1.29, 1.82) is 0 Å². The minimum Gasteiger partial charge on any atom is -0.446 e. The zero-order valence-electron chi connectivity index (χ0n) is 9.71. The van der Waals surface area contributed by atoms with Gasteiger partial charge in [0, 0.05) is 0 Å². The van der Waals surface area contributed by atoms with Gasteiger partial charge in [0.15, 0.2) is 9.84 Å². The summed E-state index contributed by atoms with van der Waals surface area (Å²) in [4.78, 5) is 10.7. The summed E-state index contributed by atoms with van der Waals surface area (Å²) in [5.41, 5.74) is 5.79. The molecule has 17 heavy (non-hydrogen) atoms.